The minimum Gasteiger partial charge on any atom is -0.379 e. The quantitative estimate of drug-likeness (QED) is 0.285. The van der Waals surface area contributed by atoms with Crippen LogP contribution in [0.1, 0.15) is 31.0 Å². The van der Waals surface area contributed by atoms with Crippen LogP contribution >= 0.6 is 0 Å². The molecule has 11 nitrogen and oxygen atoms in total. The first-order chi connectivity index (χ1) is 21.0. The van der Waals surface area contributed by atoms with Gasteiger partial charge in [0.25, 0.3) is 5.88 Å². The summed E-state index contributed by atoms with van der Waals surface area (Å²) in [5.74, 6) is 0.823. The Balaban J connectivity index is 1.32. The predicted molar refractivity (Wildman–Crippen MR) is 165 cm³/mol. The largest absolute Gasteiger partial charge is 0.379 e. The highest BCUT2D eigenvalue weighted by Gasteiger charge is 2.23. The van der Waals surface area contributed by atoms with E-state index in [1.165, 1.54) is 6.07 Å². The first-order valence-electron chi connectivity index (χ1n) is 14.9. The molecule has 1 unspecified atom stereocenters. The van der Waals surface area contributed by atoms with E-state index in [2.05, 4.69) is 32.3 Å². The number of nitrogens with two attached hydrogens (primary N) is 1. The van der Waals surface area contributed by atoms with Gasteiger partial charge in [0.15, 0.2) is 5.96 Å². The molecule has 230 valence electrons. The third-order valence-corrected chi connectivity index (χ3v) is 7.69. The number of benzene rings is 2. The predicted octanol–water partition coefficient (Wildman–Crippen LogP) is 3.43. The third kappa shape index (κ3) is 8.17. The summed E-state index contributed by atoms with van der Waals surface area (Å²) in [7, 11) is 0. The molecule has 2 saturated heterocycles. The minimum absolute atomic E-state index is 0.0629. The lowest BCUT2D eigenvalue weighted by atomic mass is 9.95. The molecule has 0 bridgehead atoms. The molecule has 1 atom stereocenters. The monoisotopic (exact) mass is 592 g/mol. The van der Waals surface area contributed by atoms with Crippen LogP contribution in [-0.2, 0) is 9.47 Å². The topological polar surface area (TPSA) is 117 Å². The summed E-state index contributed by atoms with van der Waals surface area (Å²) in [6.45, 7) is 12.1. The molecule has 5 rings (SSSR count). The van der Waals surface area contributed by atoms with Crippen molar-refractivity contribution < 1.29 is 18.4 Å². The summed E-state index contributed by atoms with van der Waals surface area (Å²) in [4.78, 5) is 11.7. The maximum Gasteiger partial charge on any atom is 0.253 e. The molecule has 0 radical (unpaired) electrons. The van der Waals surface area contributed by atoms with Crippen LogP contribution in [0.25, 0.3) is 11.1 Å². The van der Waals surface area contributed by atoms with Gasteiger partial charge in [-0.3, -0.25) is 20.2 Å². The van der Waals surface area contributed by atoms with E-state index in [0.717, 1.165) is 62.8 Å². The molecule has 2 fully saturated rings. The number of halogens is 1. The van der Waals surface area contributed by atoms with Gasteiger partial charge in [-0.05, 0) is 24.1 Å². The van der Waals surface area contributed by atoms with Crippen molar-refractivity contribution in [3.63, 3.8) is 0 Å². The van der Waals surface area contributed by atoms with Crippen LogP contribution in [0.4, 0.5) is 10.3 Å². The second-order valence-corrected chi connectivity index (χ2v) is 10.5. The first kappa shape index (κ1) is 30.6. The van der Waals surface area contributed by atoms with Gasteiger partial charge in [0.2, 0.25) is 5.96 Å². The Hall–Kier alpha value is -3.84. The van der Waals surface area contributed by atoms with Gasteiger partial charge in [-0.15, -0.1) is 0 Å². The van der Waals surface area contributed by atoms with Crippen LogP contribution in [0.2, 0.25) is 0 Å². The molecule has 2 aromatic carbocycles. The van der Waals surface area contributed by atoms with E-state index in [-0.39, 0.29) is 17.7 Å². The molecular formula is C31H41FN8O3. The molecule has 1 aromatic heterocycles. The lowest BCUT2D eigenvalue weighted by Crippen LogP contribution is -2.57. The van der Waals surface area contributed by atoms with Crippen molar-refractivity contribution in [1.29, 1.82) is 0 Å². The fraction of sp³-hybridized carbons (Fsp3) is 0.452. The molecular weight excluding hydrogens is 551 g/mol. The zero-order chi connectivity index (χ0) is 30.0. The van der Waals surface area contributed by atoms with Gasteiger partial charge in [-0.25, -0.2) is 9.40 Å². The number of guanidine groups is 2. The normalized spacial score (nSPS) is 18.0. The van der Waals surface area contributed by atoms with E-state index in [1.54, 1.807) is 12.1 Å². The lowest BCUT2D eigenvalue weighted by molar-refractivity contribution is -0.0492. The Morgan fingerprint density at radius 3 is 2.44 bits per heavy atom. The number of aliphatic imine (C=N–C) groups is 2. The summed E-state index contributed by atoms with van der Waals surface area (Å²) in [6.07, 6.45) is 0. The van der Waals surface area contributed by atoms with Crippen LogP contribution < -0.4 is 11.1 Å². The number of aromatic nitrogens is 1. The standard InChI is InChI=1S/C31H41FN8O3/c1-3-40(39-16-20-42-21-17-39)31(36-30(33)34-12-13-38-14-18-41-19-15-38)35-29-22-28(37-43-29)23(2)24-8-10-25(11-9-24)26-6-4-5-7-27(26)32/h4-11,22-23H,3,12-21H2,1-2H3,(H3,33,34,35,36). The van der Waals surface area contributed by atoms with E-state index in [9.17, 15) is 4.39 Å². The zero-order valence-electron chi connectivity index (χ0n) is 24.9. The van der Waals surface area contributed by atoms with E-state index < -0.39 is 0 Å². The Bertz CT molecular complexity index is 1370. The van der Waals surface area contributed by atoms with E-state index >= 15 is 0 Å². The van der Waals surface area contributed by atoms with Crippen molar-refractivity contribution in [2.45, 2.75) is 19.8 Å². The van der Waals surface area contributed by atoms with E-state index in [0.29, 0.717) is 43.7 Å². The highest BCUT2D eigenvalue weighted by Crippen LogP contribution is 2.29. The number of rotatable bonds is 9. The van der Waals surface area contributed by atoms with Crippen molar-refractivity contribution >= 4 is 17.8 Å². The van der Waals surface area contributed by atoms with Gasteiger partial charge in [-0.1, -0.05) is 54.5 Å². The van der Waals surface area contributed by atoms with Crippen molar-refractivity contribution in [2.75, 3.05) is 72.2 Å². The average Bonchev–Trinajstić information content (AvgIpc) is 3.51. The van der Waals surface area contributed by atoms with Crippen molar-refractivity contribution in [3.05, 3.63) is 71.7 Å². The number of morpholine rings is 2. The Labute approximate surface area is 252 Å². The number of nitrogens with zero attached hydrogens (tertiary/aromatic N) is 6. The lowest BCUT2D eigenvalue weighted by Gasteiger charge is -2.38. The molecule has 0 aliphatic carbocycles. The third-order valence-electron chi connectivity index (χ3n) is 7.69. The van der Waals surface area contributed by atoms with Gasteiger partial charge < -0.3 is 19.7 Å². The molecule has 3 heterocycles. The molecule has 0 spiro atoms. The fourth-order valence-electron chi connectivity index (χ4n) is 5.18. The van der Waals surface area contributed by atoms with Crippen LogP contribution in [0.15, 0.2) is 69.1 Å². The number of hydrazine groups is 1. The molecule has 0 saturated carbocycles. The van der Waals surface area contributed by atoms with Crippen molar-refractivity contribution in [2.24, 2.45) is 15.7 Å². The smallest absolute Gasteiger partial charge is 0.253 e. The van der Waals surface area contributed by atoms with Gasteiger partial charge in [0.1, 0.15) is 5.82 Å². The maximum atomic E-state index is 14.3. The summed E-state index contributed by atoms with van der Waals surface area (Å²) in [6, 6.07) is 16.4. The highest BCUT2D eigenvalue weighted by molar-refractivity contribution is 5.98. The van der Waals surface area contributed by atoms with Crippen LogP contribution in [0, 0.1) is 5.82 Å². The molecule has 12 heteroatoms. The summed E-state index contributed by atoms with van der Waals surface area (Å²) >= 11 is 0. The molecule has 2 aliphatic rings. The van der Waals surface area contributed by atoms with E-state index in [1.807, 2.05) is 48.3 Å². The fourth-order valence-corrected chi connectivity index (χ4v) is 5.18. The number of ether oxygens (including phenoxy) is 2. The van der Waals surface area contributed by atoms with Crippen LogP contribution in [0.5, 0.6) is 0 Å². The number of hydrogen-bond donors (Lipinski definition) is 2. The second kappa shape index (κ2) is 15.1. The zero-order valence-corrected chi connectivity index (χ0v) is 24.9. The van der Waals surface area contributed by atoms with Gasteiger partial charge >= 0.3 is 0 Å². The molecule has 0 amide bonds. The van der Waals surface area contributed by atoms with Crippen LogP contribution in [-0.4, -0.2) is 104 Å². The van der Waals surface area contributed by atoms with Crippen molar-refractivity contribution in [3.8, 4) is 11.1 Å². The Morgan fingerprint density at radius 1 is 1.05 bits per heavy atom. The highest BCUT2D eigenvalue weighted by atomic mass is 19.1. The SMILES string of the molecule is CCN(C(=Nc1cc(C(C)c2ccc(-c3ccccc3F)cc2)no1)NC(N)=NCCN1CCOCC1)N1CCOCC1. The molecule has 2 aliphatic heterocycles. The number of hydrogen-bond acceptors (Lipinski definition) is 8. The minimum atomic E-state index is -0.243. The Morgan fingerprint density at radius 2 is 1.74 bits per heavy atom. The molecule has 3 N–H and O–H groups in total. The average molecular weight is 593 g/mol. The first-order valence-corrected chi connectivity index (χ1v) is 14.9. The molecule has 43 heavy (non-hydrogen) atoms. The summed E-state index contributed by atoms with van der Waals surface area (Å²) in [5.41, 5.74) is 9.49. The van der Waals surface area contributed by atoms with Crippen molar-refractivity contribution in [1.82, 2.24) is 25.4 Å². The van der Waals surface area contributed by atoms with Gasteiger partial charge in [0, 0.05) is 56.8 Å². The second-order valence-electron chi connectivity index (χ2n) is 10.5. The summed E-state index contributed by atoms with van der Waals surface area (Å²) in [5, 5.41) is 11.7. The Kier molecular flexibility index (Phi) is 10.7. The summed E-state index contributed by atoms with van der Waals surface area (Å²) < 4.78 is 30.9. The molecule has 3 aromatic rings. The maximum absolute atomic E-state index is 14.3. The van der Waals surface area contributed by atoms with Gasteiger partial charge in [-0.2, -0.15) is 4.99 Å². The van der Waals surface area contributed by atoms with Crippen LogP contribution in [0.3, 0.4) is 0 Å². The van der Waals surface area contributed by atoms with Gasteiger partial charge in [0.05, 0.1) is 38.7 Å². The number of nitrogens with one attached hydrogen (secondary N) is 1. The van der Waals surface area contributed by atoms with E-state index in [4.69, 9.17) is 24.7 Å².